The van der Waals surface area contributed by atoms with Crippen LogP contribution in [-0.2, 0) is 22.1 Å². The molecule has 9 heteroatoms. The van der Waals surface area contributed by atoms with Gasteiger partial charge in [0.15, 0.2) is 5.78 Å². The molecule has 42 heavy (non-hydrogen) atoms. The Morgan fingerprint density at radius 2 is 1.64 bits per heavy atom. The molecule has 3 aromatic rings. The zero-order valence-corrected chi connectivity index (χ0v) is 24.4. The van der Waals surface area contributed by atoms with Crippen LogP contribution in [0.1, 0.15) is 49.2 Å². The number of hydrogen-bond donors (Lipinski definition) is 0. The standard InChI is InChI=1S/C33H37F3N2O4/c1-6-41-20-19-37(32(40)22-26-11-10-12-27(21-26)33(34,35)36)23(3)24(4)38(28-15-17-29(18-16-28)42-7-2)31-14-9-8-13-30(31)25(5)39/h8-18,21,23H,4,6-7,19-20,22H2,1-3,5H3. The molecule has 1 atom stereocenters. The SMILES string of the molecule is C=C(C(C)N(CCOCC)C(=O)Cc1cccc(C(F)(F)F)c1)N(c1ccc(OCC)cc1)c1ccccc1C(C)=O. The highest BCUT2D eigenvalue weighted by atomic mass is 19.4. The largest absolute Gasteiger partial charge is 0.494 e. The van der Waals surface area contributed by atoms with Crippen molar-refractivity contribution < 1.29 is 32.2 Å². The fourth-order valence-electron chi connectivity index (χ4n) is 4.63. The molecule has 0 aliphatic rings. The predicted octanol–water partition coefficient (Wildman–Crippen LogP) is 7.45. The maximum atomic E-state index is 13.7. The van der Waals surface area contributed by atoms with E-state index in [1.54, 1.807) is 30.0 Å². The van der Waals surface area contributed by atoms with E-state index in [0.717, 1.165) is 12.1 Å². The lowest BCUT2D eigenvalue weighted by Gasteiger charge is -2.37. The number of ether oxygens (including phenoxy) is 2. The van der Waals surface area contributed by atoms with Crippen molar-refractivity contribution in [2.75, 3.05) is 31.3 Å². The second-order valence-electron chi connectivity index (χ2n) is 9.66. The normalized spacial score (nSPS) is 12.0. The molecule has 0 bridgehead atoms. The summed E-state index contributed by atoms with van der Waals surface area (Å²) in [5.74, 6) is 0.152. The van der Waals surface area contributed by atoms with Crippen LogP contribution in [0.5, 0.6) is 5.75 Å². The summed E-state index contributed by atoms with van der Waals surface area (Å²) < 4.78 is 51.1. The number of ketones is 1. The van der Waals surface area contributed by atoms with Crippen LogP contribution >= 0.6 is 0 Å². The lowest BCUT2D eigenvalue weighted by Crippen LogP contribution is -2.45. The summed E-state index contributed by atoms with van der Waals surface area (Å²) in [5.41, 5.74) is 1.67. The highest BCUT2D eigenvalue weighted by molar-refractivity contribution is 6.01. The van der Waals surface area contributed by atoms with Crippen molar-refractivity contribution in [3.8, 4) is 5.75 Å². The molecule has 0 aliphatic carbocycles. The smallest absolute Gasteiger partial charge is 0.416 e. The van der Waals surface area contributed by atoms with E-state index < -0.39 is 17.8 Å². The van der Waals surface area contributed by atoms with Gasteiger partial charge in [-0.1, -0.05) is 36.9 Å². The second kappa shape index (κ2) is 14.7. The van der Waals surface area contributed by atoms with E-state index in [-0.39, 0.29) is 36.8 Å². The molecule has 3 aromatic carbocycles. The van der Waals surface area contributed by atoms with E-state index in [2.05, 4.69) is 6.58 Å². The van der Waals surface area contributed by atoms with Gasteiger partial charge >= 0.3 is 6.18 Å². The summed E-state index contributed by atoms with van der Waals surface area (Å²) in [7, 11) is 0. The summed E-state index contributed by atoms with van der Waals surface area (Å²) in [6.07, 6.45) is -4.75. The molecule has 1 amide bonds. The topological polar surface area (TPSA) is 59.1 Å². The molecule has 0 aromatic heterocycles. The molecule has 0 spiro atoms. The van der Waals surface area contributed by atoms with Gasteiger partial charge in [-0.2, -0.15) is 13.2 Å². The van der Waals surface area contributed by atoms with Gasteiger partial charge in [0, 0.05) is 30.1 Å². The molecule has 1 unspecified atom stereocenters. The number of nitrogens with zero attached hydrogens (tertiary/aromatic N) is 2. The number of halogens is 3. The van der Waals surface area contributed by atoms with Crippen molar-refractivity contribution in [1.29, 1.82) is 0 Å². The molecule has 0 fully saturated rings. The summed E-state index contributed by atoms with van der Waals surface area (Å²) in [6.45, 7) is 12.7. The molecule has 0 aliphatic heterocycles. The van der Waals surface area contributed by atoms with Crippen LogP contribution in [0, 0.1) is 0 Å². The zero-order valence-electron chi connectivity index (χ0n) is 24.4. The number of amides is 1. The number of Topliss-reactive ketones (excluding diaryl/α,β-unsaturated/α-hetero) is 1. The van der Waals surface area contributed by atoms with Gasteiger partial charge in [0.25, 0.3) is 0 Å². The zero-order chi connectivity index (χ0) is 30.9. The lowest BCUT2D eigenvalue weighted by atomic mass is 10.0. The first-order valence-corrected chi connectivity index (χ1v) is 13.8. The van der Waals surface area contributed by atoms with Gasteiger partial charge in [0.05, 0.1) is 36.9 Å². The van der Waals surface area contributed by atoms with E-state index in [1.807, 2.05) is 49.1 Å². The van der Waals surface area contributed by atoms with Crippen LogP contribution < -0.4 is 9.64 Å². The number of alkyl halides is 3. The number of rotatable bonds is 14. The average Bonchev–Trinajstić information content (AvgIpc) is 2.96. The maximum Gasteiger partial charge on any atom is 0.416 e. The molecule has 3 rings (SSSR count). The van der Waals surface area contributed by atoms with Gasteiger partial charge in [0.2, 0.25) is 5.91 Å². The third-order valence-corrected chi connectivity index (χ3v) is 6.78. The van der Waals surface area contributed by atoms with Crippen LogP contribution in [0.4, 0.5) is 24.5 Å². The fourth-order valence-corrected chi connectivity index (χ4v) is 4.63. The van der Waals surface area contributed by atoms with Crippen LogP contribution in [0.25, 0.3) is 0 Å². The van der Waals surface area contributed by atoms with E-state index in [0.29, 0.717) is 41.6 Å². The van der Waals surface area contributed by atoms with Gasteiger partial charge in [-0.15, -0.1) is 0 Å². The number of carbonyl (C=O) groups is 2. The van der Waals surface area contributed by atoms with Gasteiger partial charge in [0.1, 0.15) is 5.75 Å². The molecule has 0 saturated heterocycles. The van der Waals surface area contributed by atoms with E-state index in [1.165, 1.54) is 19.1 Å². The minimum atomic E-state index is -4.52. The van der Waals surface area contributed by atoms with Crippen molar-refractivity contribution in [3.05, 3.63) is 102 Å². The third-order valence-electron chi connectivity index (χ3n) is 6.78. The summed E-state index contributed by atoms with van der Waals surface area (Å²) in [5, 5.41) is 0. The van der Waals surface area contributed by atoms with Crippen molar-refractivity contribution in [2.24, 2.45) is 0 Å². The number of para-hydroxylation sites is 1. The Balaban J connectivity index is 2.02. The predicted molar refractivity (Wildman–Crippen MR) is 158 cm³/mol. The van der Waals surface area contributed by atoms with Crippen LogP contribution in [-0.4, -0.2) is 49.0 Å². The molecular weight excluding hydrogens is 545 g/mol. The number of anilines is 2. The summed E-state index contributed by atoms with van der Waals surface area (Å²) in [6, 6.07) is 18.6. The molecule has 0 radical (unpaired) electrons. The number of benzene rings is 3. The van der Waals surface area contributed by atoms with Crippen LogP contribution in [0.2, 0.25) is 0 Å². The van der Waals surface area contributed by atoms with Crippen LogP contribution in [0.15, 0.2) is 85.1 Å². The highest BCUT2D eigenvalue weighted by Crippen LogP contribution is 2.36. The molecule has 0 heterocycles. The number of carbonyl (C=O) groups excluding carboxylic acids is 2. The van der Waals surface area contributed by atoms with Crippen molar-refractivity contribution in [3.63, 3.8) is 0 Å². The highest BCUT2D eigenvalue weighted by Gasteiger charge is 2.32. The first-order valence-electron chi connectivity index (χ1n) is 13.8. The first-order chi connectivity index (χ1) is 20.0. The minimum absolute atomic E-state index is 0.143. The Morgan fingerprint density at radius 1 is 0.952 bits per heavy atom. The molecular formula is C33H37F3N2O4. The Labute approximate surface area is 245 Å². The van der Waals surface area contributed by atoms with E-state index in [9.17, 15) is 22.8 Å². The van der Waals surface area contributed by atoms with Gasteiger partial charge in [-0.25, -0.2) is 0 Å². The lowest BCUT2D eigenvalue weighted by molar-refractivity contribution is -0.138. The average molecular weight is 583 g/mol. The summed E-state index contributed by atoms with van der Waals surface area (Å²) >= 11 is 0. The van der Waals surface area contributed by atoms with Crippen molar-refractivity contribution >= 4 is 23.1 Å². The van der Waals surface area contributed by atoms with Crippen LogP contribution in [0.3, 0.4) is 0 Å². The molecule has 224 valence electrons. The summed E-state index contributed by atoms with van der Waals surface area (Å²) in [4.78, 5) is 29.6. The monoisotopic (exact) mass is 582 g/mol. The van der Waals surface area contributed by atoms with E-state index >= 15 is 0 Å². The second-order valence-corrected chi connectivity index (χ2v) is 9.66. The number of hydrogen-bond acceptors (Lipinski definition) is 5. The fraction of sp³-hybridized carbons (Fsp3) is 0.333. The Hall–Kier alpha value is -4.11. The van der Waals surface area contributed by atoms with Gasteiger partial charge < -0.3 is 19.3 Å². The Morgan fingerprint density at radius 3 is 2.26 bits per heavy atom. The van der Waals surface area contributed by atoms with Crippen molar-refractivity contribution in [2.45, 2.75) is 46.3 Å². The quantitative estimate of drug-likeness (QED) is 0.146. The van der Waals surface area contributed by atoms with Gasteiger partial charge in [-0.05, 0) is 75.7 Å². The van der Waals surface area contributed by atoms with Gasteiger partial charge in [-0.3, -0.25) is 9.59 Å². The minimum Gasteiger partial charge on any atom is -0.494 e. The van der Waals surface area contributed by atoms with Crippen molar-refractivity contribution in [1.82, 2.24) is 4.90 Å². The molecule has 0 N–H and O–H groups in total. The molecule has 6 nitrogen and oxygen atoms in total. The molecule has 0 saturated carbocycles. The van der Waals surface area contributed by atoms with E-state index in [4.69, 9.17) is 9.47 Å². The Kier molecular flexibility index (Phi) is 11.3. The first kappa shape index (κ1) is 32.4. The maximum absolute atomic E-state index is 13.7. The Bertz CT molecular complexity index is 1370. The third kappa shape index (κ3) is 8.22.